The predicted octanol–water partition coefficient (Wildman–Crippen LogP) is 2.73. The zero-order chi connectivity index (χ0) is 9.84. The van der Waals surface area contributed by atoms with Crippen LogP contribution in [-0.2, 0) is 0 Å². The molecule has 0 bridgehead atoms. The molecule has 0 fully saturated rings. The maximum absolute atomic E-state index is 5.97. The van der Waals surface area contributed by atoms with E-state index in [1.54, 1.807) is 6.20 Å². The average molecular weight is 241 g/mol. The van der Waals surface area contributed by atoms with E-state index in [1.165, 1.54) is 0 Å². The first kappa shape index (κ1) is 10.4. The zero-order valence-electron chi connectivity index (χ0n) is 7.63. The molecule has 0 radical (unpaired) electrons. The first-order valence-corrected chi connectivity index (χ1v) is 4.93. The Bertz CT molecular complexity index is 290. The molecule has 1 atom stereocenters. The number of halogens is 1. The molecule has 1 heterocycles. The van der Waals surface area contributed by atoms with E-state index in [0.717, 1.165) is 22.2 Å². The first-order chi connectivity index (χ1) is 6.16. The maximum atomic E-state index is 5.97. The fourth-order valence-electron chi connectivity index (χ4n) is 1.28. The Balaban J connectivity index is 3.04. The summed E-state index contributed by atoms with van der Waals surface area (Å²) in [6.07, 6.45) is 4.36. The van der Waals surface area contributed by atoms with Crippen molar-refractivity contribution in [2.75, 3.05) is 0 Å². The van der Waals surface area contributed by atoms with Gasteiger partial charge in [-0.05, 0) is 40.9 Å². The van der Waals surface area contributed by atoms with Crippen molar-refractivity contribution in [1.82, 2.24) is 4.98 Å². The highest BCUT2D eigenvalue weighted by atomic mass is 79.9. The largest absolute Gasteiger partial charge is 0.324 e. The van der Waals surface area contributed by atoms with Crippen LogP contribution in [0.25, 0.3) is 0 Å². The van der Waals surface area contributed by atoms with Crippen molar-refractivity contribution in [2.45, 2.75) is 19.4 Å². The van der Waals surface area contributed by atoms with Gasteiger partial charge < -0.3 is 5.73 Å². The van der Waals surface area contributed by atoms with Gasteiger partial charge in [0, 0.05) is 17.8 Å². The number of nitrogens with zero attached hydrogens (tertiary/aromatic N) is 1. The van der Waals surface area contributed by atoms with Crippen molar-refractivity contribution in [1.29, 1.82) is 0 Å². The van der Waals surface area contributed by atoms with Crippen LogP contribution >= 0.6 is 15.9 Å². The van der Waals surface area contributed by atoms with E-state index in [-0.39, 0.29) is 6.04 Å². The molecular formula is C10H13BrN2. The summed E-state index contributed by atoms with van der Waals surface area (Å²) < 4.78 is 0.835. The lowest BCUT2D eigenvalue weighted by Gasteiger charge is -2.13. The van der Waals surface area contributed by atoms with Crippen molar-refractivity contribution < 1.29 is 0 Å². The van der Waals surface area contributed by atoms with Crippen molar-refractivity contribution in [2.24, 2.45) is 5.73 Å². The summed E-state index contributed by atoms with van der Waals surface area (Å²) in [5.41, 5.74) is 8.20. The lowest BCUT2D eigenvalue weighted by atomic mass is 10.0. The van der Waals surface area contributed by atoms with Crippen molar-refractivity contribution in [3.05, 3.63) is 40.6 Å². The first-order valence-electron chi connectivity index (χ1n) is 4.14. The Morgan fingerprint density at radius 2 is 2.46 bits per heavy atom. The molecule has 0 aliphatic carbocycles. The number of aryl methyl sites for hydroxylation is 1. The predicted molar refractivity (Wildman–Crippen MR) is 58.4 cm³/mol. The standard InChI is InChI=1S/C10H13BrN2/c1-3-4-8(12)9-7(2)5-6-13-10(9)11/h3,5-6,8H,1,4,12H2,2H3/t8-/m1/s1. The number of pyridine rings is 1. The molecule has 3 heteroatoms. The summed E-state index contributed by atoms with van der Waals surface area (Å²) in [4.78, 5) is 4.15. The van der Waals surface area contributed by atoms with Crippen LogP contribution in [0.3, 0.4) is 0 Å². The summed E-state index contributed by atoms with van der Waals surface area (Å²) in [7, 11) is 0. The molecule has 0 saturated carbocycles. The molecule has 1 rings (SSSR count). The molecule has 0 saturated heterocycles. The van der Waals surface area contributed by atoms with E-state index in [0.29, 0.717) is 0 Å². The highest BCUT2D eigenvalue weighted by molar-refractivity contribution is 9.10. The Morgan fingerprint density at radius 1 is 1.77 bits per heavy atom. The number of aromatic nitrogens is 1. The third-order valence-electron chi connectivity index (χ3n) is 1.95. The van der Waals surface area contributed by atoms with Gasteiger partial charge in [-0.2, -0.15) is 0 Å². The smallest absolute Gasteiger partial charge is 0.111 e. The molecule has 0 aliphatic rings. The van der Waals surface area contributed by atoms with Crippen LogP contribution < -0.4 is 5.73 Å². The molecule has 2 N–H and O–H groups in total. The van der Waals surface area contributed by atoms with E-state index >= 15 is 0 Å². The van der Waals surface area contributed by atoms with Gasteiger partial charge >= 0.3 is 0 Å². The normalized spacial score (nSPS) is 12.5. The second-order valence-corrected chi connectivity index (χ2v) is 3.71. The zero-order valence-corrected chi connectivity index (χ0v) is 9.21. The SMILES string of the molecule is C=CC[C@@H](N)c1c(C)ccnc1Br. The van der Waals surface area contributed by atoms with E-state index in [4.69, 9.17) is 5.73 Å². The third-order valence-corrected chi connectivity index (χ3v) is 2.58. The Labute approximate surface area is 87.0 Å². The fraction of sp³-hybridized carbons (Fsp3) is 0.300. The third kappa shape index (κ3) is 2.39. The van der Waals surface area contributed by atoms with Crippen LogP contribution in [0.5, 0.6) is 0 Å². The molecule has 0 unspecified atom stereocenters. The molecule has 13 heavy (non-hydrogen) atoms. The van der Waals surface area contributed by atoms with Crippen LogP contribution in [0.15, 0.2) is 29.5 Å². The number of hydrogen-bond acceptors (Lipinski definition) is 2. The quantitative estimate of drug-likeness (QED) is 0.652. The lowest BCUT2D eigenvalue weighted by molar-refractivity contribution is 0.726. The number of rotatable bonds is 3. The monoisotopic (exact) mass is 240 g/mol. The van der Waals surface area contributed by atoms with Gasteiger partial charge in [0.05, 0.1) is 0 Å². The second kappa shape index (κ2) is 4.53. The summed E-state index contributed by atoms with van der Waals surface area (Å²) in [5, 5.41) is 0. The van der Waals surface area contributed by atoms with E-state index in [9.17, 15) is 0 Å². The highest BCUT2D eigenvalue weighted by Gasteiger charge is 2.11. The topological polar surface area (TPSA) is 38.9 Å². The second-order valence-electron chi connectivity index (χ2n) is 2.96. The number of hydrogen-bond donors (Lipinski definition) is 1. The summed E-state index contributed by atoms with van der Waals surface area (Å²) in [6, 6.07) is 1.95. The van der Waals surface area contributed by atoms with Gasteiger partial charge in [0.15, 0.2) is 0 Å². The van der Waals surface area contributed by atoms with Crippen molar-refractivity contribution >= 4 is 15.9 Å². The van der Waals surface area contributed by atoms with Gasteiger partial charge in [0.2, 0.25) is 0 Å². The minimum atomic E-state index is -0.0134. The molecule has 0 spiro atoms. The highest BCUT2D eigenvalue weighted by Crippen LogP contribution is 2.25. The molecule has 0 aromatic carbocycles. The van der Waals surface area contributed by atoms with Crippen LogP contribution in [0, 0.1) is 6.92 Å². The van der Waals surface area contributed by atoms with Crippen molar-refractivity contribution in [3.8, 4) is 0 Å². The van der Waals surface area contributed by atoms with Gasteiger partial charge in [-0.1, -0.05) is 6.08 Å². The summed E-state index contributed by atoms with van der Waals surface area (Å²) in [5.74, 6) is 0. The minimum Gasteiger partial charge on any atom is -0.324 e. The van der Waals surface area contributed by atoms with Crippen LogP contribution in [0.1, 0.15) is 23.6 Å². The Hall–Kier alpha value is -0.670. The number of nitrogens with two attached hydrogens (primary N) is 1. The van der Waals surface area contributed by atoms with Gasteiger partial charge in [-0.3, -0.25) is 0 Å². The fourth-order valence-corrected chi connectivity index (χ4v) is 2.00. The molecule has 1 aromatic heterocycles. The van der Waals surface area contributed by atoms with Gasteiger partial charge in [-0.25, -0.2) is 4.98 Å². The molecule has 1 aromatic rings. The minimum absolute atomic E-state index is 0.0134. The average Bonchev–Trinajstić information content (AvgIpc) is 2.04. The van der Waals surface area contributed by atoms with Crippen LogP contribution in [0.2, 0.25) is 0 Å². The van der Waals surface area contributed by atoms with Crippen molar-refractivity contribution in [3.63, 3.8) is 0 Å². The molecule has 70 valence electrons. The Morgan fingerprint density at radius 3 is 3.00 bits per heavy atom. The van der Waals surface area contributed by atoms with Crippen LogP contribution in [0.4, 0.5) is 0 Å². The summed E-state index contributed by atoms with van der Waals surface area (Å²) >= 11 is 3.39. The van der Waals surface area contributed by atoms with E-state index < -0.39 is 0 Å². The molecule has 2 nitrogen and oxygen atoms in total. The lowest BCUT2D eigenvalue weighted by Crippen LogP contribution is -2.12. The van der Waals surface area contributed by atoms with Gasteiger partial charge in [0.1, 0.15) is 4.60 Å². The van der Waals surface area contributed by atoms with E-state index in [2.05, 4.69) is 27.5 Å². The van der Waals surface area contributed by atoms with Gasteiger partial charge in [0.25, 0.3) is 0 Å². The molecule has 0 aliphatic heterocycles. The maximum Gasteiger partial charge on any atom is 0.111 e. The summed E-state index contributed by atoms with van der Waals surface area (Å²) in [6.45, 7) is 5.70. The van der Waals surface area contributed by atoms with E-state index in [1.807, 2.05) is 19.1 Å². The van der Waals surface area contributed by atoms with Crippen LogP contribution in [-0.4, -0.2) is 4.98 Å². The Kier molecular flexibility index (Phi) is 3.63. The van der Waals surface area contributed by atoms with Gasteiger partial charge in [-0.15, -0.1) is 6.58 Å². The molecular weight excluding hydrogens is 228 g/mol. The molecule has 0 amide bonds.